The number of benzene rings is 2. The van der Waals surface area contributed by atoms with Gasteiger partial charge in [0, 0.05) is 11.4 Å². The molecular formula is C20H18ClF3N3S+. The summed E-state index contributed by atoms with van der Waals surface area (Å²) in [5.41, 5.74) is 10.8. The molecular weight excluding hydrogens is 407 g/mol. The molecule has 1 atom stereocenters. The molecule has 0 amide bonds. The molecule has 146 valence electrons. The predicted molar refractivity (Wildman–Crippen MR) is 106 cm³/mol. The molecule has 1 heterocycles. The molecule has 8 heteroatoms. The van der Waals surface area contributed by atoms with Gasteiger partial charge in [0.15, 0.2) is 0 Å². The summed E-state index contributed by atoms with van der Waals surface area (Å²) in [5.74, 6) is 0. The van der Waals surface area contributed by atoms with Gasteiger partial charge in [0.25, 0.3) is 0 Å². The van der Waals surface area contributed by atoms with Gasteiger partial charge in [-0.05, 0) is 64.8 Å². The summed E-state index contributed by atoms with van der Waals surface area (Å²) < 4.78 is 40.5. The number of nitrogens with zero attached hydrogens (tertiary/aromatic N) is 2. The maximum Gasteiger partial charge on any atom is 0.407 e. The van der Waals surface area contributed by atoms with Crippen LogP contribution in [0.2, 0.25) is 5.02 Å². The minimum Gasteiger partial charge on any atom is -0.169 e. The van der Waals surface area contributed by atoms with E-state index in [2.05, 4.69) is 10.0 Å². The summed E-state index contributed by atoms with van der Waals surface area (Å²) in [4.78, 5) is 2.99. The molecule has 2 aromatic carbocycles. The van der Waals surface area contributed by atoms with E-state index in [-0.39, 0.29) is 18.5 Å². The lowest BCUT2D eigenvalue weighted by Crippen LogP contribution is -2.37. The van der Waals surface area contributed by atoms with Crippen LogP contribution in [0.5, 0.6) is 0 Å². The molecule has 0 radical (unpaired) electrons. The third kappa shape index (κ3) is 3.88. The van der Waals surface area contributed by atoms with Gasteiger partial charge in [-0.3, -0.25) is 0 Å². The van der Waals surface area contributed by atoms with E-state index < -0.39 is 10.9 Å². The van der Waals surface area contributed by atoms with Gasteiger partial charge in [0.2, 0.25) is 4.91 Å². The quantitative estimate of drug-likeness (QED) is 0.419. The molecule has 0 fully saturated rings. The van der Waals surface area contributed by atoms with Crippen LogP contribution in [0.3, 0.4) is 0 Å². The second-order valence-electron chi connectivity index (χ2n) is 6.82. The summed E-state index contributed by atoms with van der Waals surface area (Å²) in [6.07, 6.45) is -4.59. The Morgan fingerprint density at radius 2 is 1.96 bits per heavy atom. The lowest BCUT2D eigenvalue weighted by atomic mass is 9.87. The van der Waals surface area contributed by atoms with Crippen LogP contribution < -0.4 is 4.91 Å². The first-order chi connectivity index (χ1) is 13.2. The van der Waals surface area contributed by atoms with Crippen molar-refractivity contribution in [1.29, 1.82) is 5.53 Å². The molecule has 0 bridgehead atoms. The molecule has 0 spiro atoms. The fourth-order valence-corrected chi connectivity index (χ4v) is 4.83. The second-order valence-corrected chi connectivity index (χ2v) is 8.43. The maximum absolute atomic E-state index is 14.2. The van der Waals surface area contributed by atoms with E-state index in [0.717, 1.165) is 28.5 Å². The van der Waals surface area contributed by atoms with Crippen LogP contribution in [0.25, 0.3) is 5.57 Å². The molecule has 28 heavy (non-hydrogen) atoms. The lowest BCUT2D eigenvalue weighted by molar-refractivity contribution is -0.160. The van der Waals surface area contributed by atoms with Gasteiger partial charge in [-0.1, -0.05) is 35.9 Å². The Bertz CT molecular complexity index is 976. The van der Waals surface area contributed by atoms with Crippen LogP contribution in [0.15, 0.2) is 46.9 Å². The third-order valence-corrected chi connectivity index (χ3v) is 6.47. The van der Waals surface area contributed by atoms with E-state index in [1.807, 2.05) is 19.1 Å². The summed E-state index contributed by atoms with van der Waals surface area (Å²) in [6, 6.07) is 10.1. The van der Waals surface area contributed by atoms with Crippen molar-refractivity contribution in [3.8, 4) is 0 Å². The Labute approximate surface area is 170 Å². The SMILES string of the molecule is Cc1cc(Cl)cc(C2(C(F)(F)F)CC(c3ccc(CN=[N+]=N)c(C)c3)=CS2)c1. The van der Waals surface area contributed by atoms with Crippen molar-refractivity contribution in [2.24, 2.45) is 5.11 Å². The monoisotopic (exact) mass is 424 g/mol. The van der Waals surface area contributed by atoms with Crippen molar-refractivity contribution < 1.29 is 13.2 Å². The zero-order chi connectivity index (χ0) is 20.5. The minimum atomic E-state index is -4.43. The van der Waals surface area contributed by atoms with E-state index in [1.54, 1.807) is 30.5 Å². The molecule has 1 N–H and O–H groups in total. The number of thioether (sulfide) groups is 1. The first-order valence-corrected chi connectivity index (χ1v) is 9.76. The van der Waals surface area contributed by atoms with E-state index in [0.29, 0.717) is 16.2 Å². The van der Waals surface area contributed by atoms with E-state index >= 15 is 0 Å². The van der Waals surface area contributed by atoms with Crippen molar-refractivity contribution in [1.82, 2.24) is 4.91 Å². The van der Waals surface area contributed by atoms with Crippen LogP contribution >= 0.6 is 23.4 Å². The molecule has 3 rings (SSSR count). The highest BCUT2D eigenvalue weighted by atomic mass is 35.5. The van der Waals surface area contributed by atoms with Crippen LogP contribution in [-0.4, -0.2) is 6.18 Å². The fraction of sp³-hybridized carbons (Fsp3) is 0.300. The predicted octanol–water partition coefficient (Wildman–Crippen LogP) is 6.94. The molecule has 0 aliphatic carbocycles. The van der Waals surface area contributed by atoms with Gasteiger partial charge in [-0.15, -0.1) is 11.8 Å². The number of rotatable bonds is 4. The highest BCUT2D eigenvalue weighted by molar-refractivity contribution is 8.03. The Morgan fingerprint density at radius 1 is 1.21 bits per heavy atom. The largest absolute Gasteiger partial charge is 0.407 e. The fourth-order valence-electron chi connectivity index (χ4n) is 3.35. The smallest absolute Gasteiger partial charge is 0.169 e. The first-order valence-electron chi connectivity index (χ1n) is 8.51. The zero-order valence-corrected chi connectivity index (χ0v) is 16.8. The summed E-state index contributed by atoms with van der Waals surface area (Å²) in [6.45, 7) is 3.89. The number of aryl methyl sites for hydroxylation is 2. The lowest BCUT2D eigenvalue weighted by Gasteiger charge is -2.32. The Hall–Kier alpha value is -2.08. The van der Waals surface area contributed by atoms with E-state index in [9.17, 15) is 13.2 Å². The van der Waals surface area contributed by atoms with Crippen LogP contribution in [-0.2, 0) is 11.3 Å². The molecule has 0 saturated heterocycles. The summed E-state index contributed by atoms with van der Waals surface area (Å²) >= 11 is 6.84. The van der Waals surface area contributed by atoms with Gasteiger partial charge >= 0.3 is 6.18 Å². The average Bonchev–Trinajstić information content (AvgIpc) is 3.06. The number of hydrogen-bond acceptors (Lipinski definition) is 3. The number of hydrogen-bond donors (Lipinski definition) is 1. The van der Waals surface area contributed by atoms with Crippen LogP contribution in [0, 0.1) is 19.4 Å². The normalized spacial score (nSPS) is 19.3. The van der Waals surface area contributed by atoms with Crippen molar-refractivity contribution in [2.75, 3.05) is 0 Å². The molecule has 1 aliphatic rings. The standard InChI is InChI=1S/C20H18ClF3N3S/c1-12-5-17(8-18(21)6-12)19(20(22,23)24)9-16(11-28-19)14-3-4-15(10-26-27-25)13(2)7-14/h3-8,11,25H,9-10H2,1-2H3/q+1. The van der Waals surface area contributed by atoms with Crippen molar-refractivity contribution >= 4 is 28.9 Å². The van der Waals surface area contributed by atoms with Crippen LogP contribution in [0.1, 0.15) is 34.2 Å². The van der Waals surface area contributed by atoms with Crippen molar-refractivity contribution in [3.05, 3.63) is 74.6 Å². The Kier molecular flexibility index (Phi) is 5.71. The van der Waals surface area contributed by atoms with E-state index in [1.165, 1.54) is 6.07 Å². The molecule has 0 saturated carbocycles. The van der Waals surface area contributed by atoms with Crippen molar-refractivity contribution in [2.45, 2.75) is 37.7 Å². The Balaban J connectivity index is 1.98. The molecule has 3 nitrogen and oxygen atoms in total. The van der Waals surface area contributed by atoms with Crippen molar-refractivity contribution in [3.63, 3.8) is 0 Å². The molecule has 0 aromatic heterocycles. The number of halogens is 4. The van der Waals surface area contributed by atoms with Crippen LogP contribution in [0.4, 0.5) is 13.2 Å². The minimum absolute atomic E-state index is 0.161. The Morgan fingerprint density at radius 3 is 2.57 bits per heavy atom. The second kappa shape index (κ2) is 7.74. The van der Waals surface area contributed by atoms with Gasteiger partial charge in [-0.25, -0.2) is 0 Å². The third-order valence-electron chi connectivity index (χ3n) is 4.83. The number of allylic oxidation sites excluding steroid dienone is 1. The summed E-state index contributed by atoms with van der Waals surface area (Å²) in [7, 11) is 0. The average molecular weight is 425 g/mol. The molecule has 2 aromatic rings. The molecule has 1 unspecified atom stereocenters. The van der Waals surface area contributed by atoms with Gasteiger partial charge in [-0.2, -0.15) is 13.2 Å². The van der Waals surface area contributed by atoms with E-state index in [4.69, 9.17) is 17.1 Å². The van der Waals surface area contributed by atoms with Gasteiger partial charge in [0.05, 0.1) is 0 Å². The highest BCUT2D eigenvalue weighted by Crippen LogP contribution is 2.59. The number of alkyl halides is 3. The number of nitrogens with one attached hydrogen (secondary N) is 1. The first kappa shape index (κ1) is 20.6. The zero-order valence-electron chi connectivity index (χ0n) is 15.3. The summed E-state index contributed by atoms with van der Waals surface area (Å²) in [5, 5.41) is 5.55. The van der Waals surface area contributed by atoms with Gasteiger partial charge in [0.1, 0.15) is 21.9 Å². The highest BCUT2D eigenvalue weighted by Gasteiger charge is 2.58. The topological polar surface area (TPSA) is 50.3 Å². The molecule has 1 aliphatic heterocycles. The van der Waals surface area contributed by atoms with Gasteiger partial charge < -0.3 is 0 Å². The maximum atomic E-state index is 14.2.